The number of nitrogens with one attached hydrogen (secondary N) is 1. The Hall–Kier alpha value is -1.52. The van der Waals surface area contributed by atoms with E-state index in [4.69, 9.17) is 4.74 Å². The van der Waals surface area contributed by atoms with Crippen LogP contribution in [0.4, 0.5) is 0 Å². The van der Waals surface area contributed by atoms with Gasteiger partial charge in [0.1, 0.15) is 6.10 Å². The summed E-state index contributed by atoms with van der Waals surface area (Å²) >= 11 is 0. The Morgan fingerprint density at radius 2 is 1.58 bits per heavy atom. The van der Waals surface area contributed by atoms with Gasteiger partial charge in [0.25, 0.3) is 5.78 Å². The number of esters is 1. The molecule has 0 aromatic heterocycles. The Morgan fingerprint density at radius 3 is 2.08 bits per heavy atom. The number of Topliss-reactive ketones (excluding diaryl/α,β-unsaturated/α-hetero) is 1. The Morgan fingerprint density at radius 1 is 1.04 bits per heavy atom. The SMILES string of the molecule is CC1(C)CC(OC(=O)C(=[N+]=[N-])C(=O)C2CCCCC2)CC(C)(C)N1. The lowest BCUT2D eigenvalue weighted by molar-refractivity contribution is -0.151. The number of piperidine rings is 1. The summed E-state index contributed by atoms with van der Waals surface area (Å²) in [4.78, 5) is 27.8. The van der Waals surface area contributed by atoms with Crippen LogP contribution in [0.3, 0.4) is 0 Å². The lowest BCUT2D eigenvalue weighted by Crippen LogP contribution is -2.60. The molecule has 0 radical (unpaired) electrons. The molecular formula is C18H29N3O3. The smallest absolute Gasteiger partial charge is 0.441 e. The van der Waals surface area contributed by atoms with Crippen molar-refractivity contribution >= 4 is 17.5 Å². The van der Waals surface area contributed by atoms with Crippen LogP contribution in [-0.2, 0) is 14.3 Å². The topological polar surface area (TPSA) is 91.8 Å². The molecule has 1 saturated heterocycles. The minimum atomic E-state index is -0.799. The zero-order valence-corrected chi connectivity index (χ0v) is 15.2. The predicted molar refractivity (Wildman–Crippen MR) is 90.6 cm³/mol. The van der Waals surface area contributed by atoms with Crippen LogP contribution >= 0.6 is 0 Å². The second-order valence-corrected chi connectivity index (χ2v) is 8.48. The molecule has 0 bridgehead atoms. The maximum atomic E-state index is 12.5. The molecule has 6 heteroatoms. The Labute approximate surface area is 144 Å². The summed E-state index contributed by atoms with van der Waals surface area (Å²) in [6, 6.07) is 0. The molecule has 0 unspecified atom stereocenters. The van der Waals surface area contributed by atoms with Gasteiger partial charge in [-0.1, -0.05) is 19.3 Å². The molecule has 0 amide bonds. The van der Waals surface area contributed by atoms with Crippen molar-refractivity contribution in [3.05, 3.63) is 5.53 Å². The van der Waals surface area contributed by atoms with E-state index >= 15 is 0 Å². The van der Waals surface area contributed by atoms with Gasteiger partial charge in [-0.25, -0.2) is 4.79 Å². The first kappa shape index (κ1) is 18.8. The van der Waals surface area contributed by atoms with Gasteiger partial charge in [-0.3, -0.25) is 4.79 Å². The van der Waals surface area contributed by atoms with E-state index < -0.39 is 11.7 Å². The standard InChI is InChI=1S/C18H29N3O3/c1-17(2)10-13(11-18(3,4)21-17)24-16(23)14(20-19)15(22)12-8-6-5-7-9-12/h12-13,21H,5-11H2,1-4H3. The number of carbonyl (C=O) groups is 2. The maximum absolute atomic E-state index is 12.5. The van der Waals surface area contributed by atoms with Crippen LogP contribution in [0.1, 0.15) is 72.6 Å². The van der Waals surface area contributed by atoms with Gasteiger partial charge in [-0.15, -0.1) is 0 Å². The van der Waals surface area contributed by atoms with Crippen LogP contribution in [0.2, 0.25) is 0 Å². The Bertz CT molecular complexity index is 540. The van der Waals surface area contributed by atoms with Gasteiger partial charge < -0.3 is 15.6 Å². The van der Waals surface area contributed by atoms with Gasteiger partial charge in [0.2, 0.25) is 0 Å². The monoisotopic (exact) mass is 335 g/mol. The molecular weight excluding hydrogens is 306 g/mol. The lowest BCUT2D eigenvalue weighted by Gasteiger charge is -2.45. The van der Waals surface area contributed by atoms with Crippen LogP contribution in [0, 0.1) is 5.92 Å². The average Bonchev–Trinajstić information content (AvgIpc) is 2.45. The van der Waals surface area contributed by atoms with E-state index in [9.17, 15) is 15.1 Å². The van der Waals surface area contributed by atoms with E-state index in [1.54, 1.807) is 0 Å². The summed E-state index contributed by atoms with van der Waals surface area (Å²) in [7, 11) is 0. The van der Waals surface area contributed by atoms with Crippen molar-refractivity contribution in [3.8, 4) is 0 Å². The number of nitrogens with zero attached hydrogens (tertiary/aromatic N) is 2. The van der Waals surface area contributed by atoms with Crippen molar-refractivity contribution in [2.24, 2.45) is 5.92 Å². The third-order valence-electron chi connectivity index (χ3n) is 4.93. The number of hydrogen-bond acceptors (Lipinski definition) is 4. The summed E-state index contributed by atoms with van der Waals surface area (Å²) in [5.74, 6) is -1.40. The molecule has 1 aliphatic carbocycles. The summed E-state index contributed by atoms with van der Waals surface area (Å²) in [5, 5.41) is 3.51. The predicted octanol–water partition coefficient (Wildman–Crippen LogP) is 2.66. The second-order valence-electron chi connectivity index (χ2n) is 8.48. The van der Waals surface area contributed by atoms with Crippen LogP contribution < -0.4 is 5.32 Å². The van der Waals surface area contributed by atoms with Gasteiger partial charge in [-0.2, -0.15) is 4.79 Å². The van der Waals surface area contributed by atoms with E-state index in [0.717, 1.165) is 32.1 Å². The van der Waals surface area contributed by atoms with E-state index in [1.807, 2.05) is 0 Å². The van der Waals surface area contributed by atoms with Crippen LogP contribution in [0.5, 0.6) is 0 Å². The van der Waals surface area contributed by atoms with Crippen LogP contribution in [0.25, 0.3) is 5.53 Å². The molecule has 24 heavy (non-hydrogen) atoms. The Balaban J connectivity index is 2.04. The second kappa shape index (κ2) is 7.16. The highest BCUT2D eigenvalue weighted by molar-refractivity contribution is 6.62. The molecule has 0 aromatic rings. The molecule has 0 atom stereocenters. The third kappa shape index (κ3) is 4.74. The maximum Gasteiger partial charge on any atom is 0.441 e. The number of ketones is 1. The number of hydrogen-bond donors (Lipinski definition) is 1. The highest BCUT2D eigenvalue weighted by Gasteiger charge is 2.43. The minimum Gasteiger partial charge on any atom is -0.453 e. The van der Waals surface area contributed by atoms with E-state index in [-0.39, 0.29) is 28.9 Å². The average molecular weight is 335 g/mol. The molecule has 2 aliphatic rings. The quantitative estimate of drug-likeness (QED) is 0.281. The number of ether oxygens (including phenoxy) is 1. The third-order valence-corrected chi connectivity index (χ3v) is 4.93. The summed E-state index contributed by atoms with van der Waals surface area (Å²) in [6.45, 7) is 8.23. The van der Waals surface area contributed by atoms with Gasteiger partial charge in [0.05, 0.1) is 0 Å². The molecule has 1 heterocycles. The summed E-state index contributed by atoms with van der Waals surface area (Å²) in [6.07, 6.45) is 5.55. The van der Waals surface area contributed by atoms with Crippen molar-refractivity contribution in [1.82, 2.24) is 5.32 Å². The van der Waals surface area contributed by atoms with Crippen LogP contribution in [-0.4, -0.2) is 39.4 Å². The molecule has 2 rings (SSSR count). The van der Waals surface area contributed by atoms with Gasteiger partial charge in [-0.05, 0) is 40.5 Å². The summed E-state index contributed by atoms with van der Waals surface area (Å²) in [5.41, 5.74) is 8.40. The van der Waals surface area contributed by atoms with Crippen molar-refractivity contribution in [2.75, 3.05) is 0 Å². The summed E-state index contributed by atoms with van der Waals surface area (Å²) < 4.78 is 5.54. The highest BCUT2D eigenvalue weighted by Crippen LogP contribution is 2.30. The molecule has 1 N–H and O–H groups in total. The van der Waals surface area contributed by atoms with Crippen molar-refractivity contribution in [3.63, 3.8) is 0 Å². The molecule has 1 aliphatic heterocycles. The van der Waals surface area contributed by atoms with Crippen molar-refractivity contribution < 1.29 is 19.1 Å². The van der Waals surface area contributed by atoms with Crippen molar-refractivity contribution in [2.45, 2.75) is 89.8 Å². The number of rotatable bonds is 4. The Kier molecular flexibility index (Phi) is 5.61. The fraction of sp³-hybridized carbons (Fsp3) is 0.833. The largest absolute Gasteiger partial charge is 0.453 e. The van der Waals surface area contributed by atoms with Gasteiger partial charge in [0.15, 0.2) is 0 Å². The molecule has 0 spiro atoms. The minimum absolute atomic E-state index is 0.170. The molecule has 2 fully saturated rings. The normalized spacial score (nSPS) is 24.0. The van der Waals surface area contributed by atoms with Gasteiger partial charge in [0, 0.05) is 29.8 Å². The van der Waals surface area contributed by atoms with Crippen LogP contribution in [0.15, 0.2) is 0 Å². The first-order valence-electron chi connectivity index (χ1n) is 8.90. The zero-order valence-electron chi connectivity index (χ0n) is 15.2. The van der Waals surface area contributed by atoms with Gasteiger partial charge >= 0.3 is 11.7 Å². The first-order valence-corrected chi connectivity index (χ1v) is 8.90. The molecule has 1 saturated carbocycles. The van der Waals surface area contributed by atoms with E-state index in [0.29, 0.717) is 12.8 Å². The molecule has 0 aromatic carbocycles. The fourth-order valence-electron chi connectivity index (χ4n) is 4.27. The zero-order chi connectivity index (χ0) is 18.0. The first-order chi connectivity index (χ1) is 11.1. The van der Waals surface area contributed by atoms with E-state index in [1.165, 1.54) is 0 Å². The van der Waals surface area contributed by atoms with Crippen molar-refractivity contribution in [1.29, 1.82) is 0 Å². The number of carbonyl (C=O) groups excluding carboxylic acids is 2. The highest BCUT2D eigenvalue weighted by atomic mass is 16.5. The molecule has 134 valence electrons. The molecule has 6 nitrogen and oxygen atoms in total. The van der Waals surface area contributed by atoms with E-state index in [2.05, 4.69) is 37.8 Å². The lowest BCUT2D eigenvalue weighted by atomic mass is 9.81. The fourth-order valence-corrected chi connectivity index (χ4v) is 4.27.